The average Bonchev–Trinajstić information content (AvgIpc) is 2.98. The fourth-order valence-electron chi connectivity index (χ4n) is 2.01. The second-order valence-corrected chi connectivity index (χ2v) is 6.52. The summed E-state index contributed by atoms with van der Waals surface area (Å²) in [5, 5.41) is 4.05. The van der Waals surface area contributed by atoms with E-state index in [2.05, 4.69) is 14.8 Å². The van der Waals surface area contributed by atoms with Crippen molar-refractivity contribution in [1.29, 1.82) is 0 Å². The molecule has 3 rings (SSSR count). The Hall–Kier alpha value is -2.74. The predicted octanol–water partition coefficient (Wildman–Crippen LogP) is 2.35. The number of anilines is 1. The first-order valence-electron chi connectivity index (χ1n) is 6.74. The molecule has 0 fully saturated rings. The highest BCUT2D eigenvalue weighted by Crippen LogP contribution is 2.13. The van der Waals surface area contributed by atoms with Gasteiger partial charge in [0.1, 0.15) is 12.1 Å². The fraction of sp³-hybridized carbons (Fsp3) is 0.0667. The van der Waals surface area contributed by atoms with Crippen molar-refractivity contribution in [2.24, 2.45) is 0 Å². The molecular formula is C15H13FN4O2S. The molecule has 0 bridgehead atoms. The molecule has 0 aliphatic rings. The smallest absolute Gasteiger partial charge is 0.250 e. The number of hydrogen-bond acceptors (Lipinski definition) is 4. The van der Waals surface area contributed by atoms with Crippen LogP contribution in [0.5, 0.6) is 0 Å². The SMILES string of the molecule is O=S(=O)(Cc1ccccc1F)Nc1ncn(-c2ccccc2)n1. The summed E-state index contributed by atoms with van der Waals surface area (Å²) in [7, 11) is -3.81. The number of nitrogens with zero attached hydrogens (tertiary/aromatic N) is 3. The van der Waals surface area contributed by atoms with E-state index in [9.17, 15) is 12.8 Å². The monoisotopic (exact) mass is 332 g/mol. The molecule has 1 aromatic heterocycles. The molecule has 0 amide bonds. The molecule has 23 heavy (non-hydrogen) atoms. The maximum absolute atomic E-state index is 13.6. The Balaban J connectivity index is 1.77. The van der Waals surface area contributed by atoms with E-state index in [1.165, 1.54) is 29.2 Å². The van der Waals surface area contributed by atoms with Crippen LogP contribution in [0, 0.1) is 5.82 Å². The quantitative estimate of drug-likeness (QED) is 0.778. The molecule has 0 aliphatic carbocycles. The number of aromatic nitrogens is 3. The molecule has 0 spiro atoms. The summed E-state index contributed by atoms with van der Waals surface area (Å²) in [6, 6.07) is 14.9. The van der Waals surface area contributed by atoms with Crippen molar-refractivity contribution in [2.75, 3.05) is 4.72 Å². The highest BCUT2D eigenvalue weighted by atomic mass is 32.2. The summed E-state index contributed by atoms with van der Waals surface area (Å²) >= 11 is 0. The van der Waals surface area contributed by atoms with Gasteiger partial charge in [-0.25, -0.2) is 22.2 Å². The zero-order chi connectivity index (χ0) is 16.3. The molecule has 6 nitrogen and oxygen atoms in total. The number of para-hydroxylation sites is 1. The molecule has 3 aromatic rings. The van der Waals surface area contributed by atoms with E-state index in [1.807, 2.05) is 30.3 Å². The van der Waals surface area contributed by atoms with Crippen LogP contribution in [0.4, 0.5) is 10.3 Å². The van der Waals surface area contributed by atoms with Gasteiger partial charge in [0.15, 0.2) is 0 Å². The minimum Gasteiger partial charge on any atom is -0.250 e. The summed E-state index contributed by atoms with van der Waals surface area (Å²) in [6.07, 6.45) is 1.40. The molecule has 0 aliphatic heterocycles. The van der Waals surface area contributed by atoms with Gasteiger partial charge in [-0.2, -0.15) is 4.98 Å². The van der Waals surface area contributed by atoms with Gasteiger partial charge in [0, 0.05) is 5.56 Å². The van der Waals surface area contributed by atoms with Crippen molar-refractivity contribution in [3.8, 4) is 5.69 Å². The third kappa shape index (κ3) is 3.72. The summed E-state index contributed by atoms with van der Waals surface area (Å²) in [5.41, 5.74) is 0.835. The van der Waals surface area contributed by atoms with Crippen LogP contribution in [0.3, 0.4) is 0 Å². The van der Waals surface area contributed by atoms with E-state index in [-0.39, 0.29) is 11.5 Å². The number of hydrogen-bond donors (Lipinski definition) is 1. The topological polar surface area (TPSA) is 76.9 Å². The summed E-state index contributed by atoms with van der Waals surface area (Å²) in [6.45, 7) is 0. The van der Waals surface area contributed by atoms with Crippen LogP contribution < -0.4 is 4.72 Å². The minimum absolute atomic E-state index is 0.0646. The predicted molar refractivity (Wildman–Crippen MR) is 84.0 cm³/mol. The molecule has 1 heterocycles. The second kappa shape index (κ2) is 6.17. The number of rotatable bonds is 5. The van der Waals surface area contributed by atoms with Crippen molar-refractivity contribution in [3.05, 3.63) is 72.3 Å². The van der Waals surface area contributed by atoms with Crippen molar-refractivity contribution >= 4 is 16.0 Å². The largest absolute Gasteiger partial charge is 0.256 e. The van der Waals surface area contributed by atoms with Gasteiger partial charge < -0.3 is 0 Å². The van der Waals surface area contributed by atoms with E-state index >= 15 is 0 Å². The van der Waals surface area contributed by atoms with E-state index in [0.29, 0.717) is 0 Å². The highest BCUT2D eigenvalue weighted by Gasteiger charge is 2.16. The molecule has 1 N–H and O–H groups in total. The zero-order valence-electron chi connectivity index (χ0n) is 11.9. The summed E-state index contributed by atoms with van der Waals surface area (Å²) in [4.78, 5) is 3.91. The first-order valence-corrected chi connectivity index (χ1v) is 8.40. The van der Waals surface area contributed by atoms with Gasteiger partial charge in [0.2, 0.25) is 10.0 Å². The molecule has 0 radical (unpaired) electrons. The van der Waals surface area contributed by atoms with E-state index in [0.717, 1.165) is 5.69 Å². The molecular weight excluding hydrogens is 319 g/mol. The first-order chi connectivity index (χ1) is 11.0. The van der Waals surface area contributed by atoms with E-state index in [4.69, 9.17) is 0 Å². The molecule has 118 valence electrons. The lowest BCUT2D eigenvalue weighted by Gasteiger charge is -2.05. The maximum atomic E-state index is 13.6. The zero-order valence-corrected chi connectivity index (χ0v) is 12.7. The second-order valence-electron chi connectivity index (χ2n) is 4.80. The normalized spacial score (nSPS) is 11.3. The Morgan fingerprint density at radius 3 is 2.48 bits per heavy atom. The Morgan fingerprint density at radius 1 is 1.04 bits per heavy atom. The number of benzene rings is 2. The van der Waals surface area contributed by atoms with E-state index in [1.54, 1.807) is 6.07 Å². The van der Waals surface area contributed by atoms with Crippen LogP contribution in [-0.4, -0.2) is 23.2 Å². The van der Waals surface area contributed by atoms with Crippen molar-refractivity contribution in [3.63, 3.8) is 0 Å². The lowest BCUT2D eigenvalue weighted by molar-refractivity contribution is 0.591. The summed E-state index contributed by atoms with van der Waals surface area (Å²) in [5.74, 6) is -1.12. The van der Waals surface area contributed by atoms with Crippen LogP contribution in [-0.2, 0) is 15.8 Å². The molecule has 0 saturated heterocycles. The molecule has 0 atom stereocenters. The lowest BCUT2D eigenvalue weighted by atomic mass is 10.2. The van der Waals surface area contributed by atoms with Crippen LogP contribution in [0.25, 0.3) is 5.69 Å². The number of nitrogens with one attached hydrogen (secondary N) is 1. The Morgan fingerprint density at radius 2 is 1.74 bits per heavy atom. The van der Waals surface area contributed by atoms with Crippen molar-refractivity contribution < 1.29 is 12.8 Å². The summed E-state index contributed by atoms with van der Waals surface area (Å²) < 4.78 is 41.4. The average molecular weight is 332 g/mol. The Labute approximate surface area is 132 Å². The van der Waals surface area contributed by atoms with Crippen LogP contribution in [0.15, 0.2) is 60.9 Å². The van der Waals surface area contributed by atoms with Gasteiger partial charge in [-0.15, -0.1) is 5.10 Å². The van der Waals surface area contributed by atoms with Gasteiger partial charge in [0.05, 0.1) is 11.4 Å². The van der Waals surface area contributed by atoms with Crippen molar-refractivity contribution in [1.82, 2.24) is 14.8 Å². The van der Waals surface area contributed by atoms with Crippen LogP contribution in [0.1, 0.15) is 5.56 Å². The Bertz CT molecular complexity index is 910. The molecule has 8 heteroatoms. The van der Waals surface area contributed by atoms with Gasteiger partial charge >= 0.3 is 0 Å². The van der Waals surface area contributed by atoms with Crippen LogP contribution >= 0.6 is 0 Å². The standard InChI is InChI=1S/C15H13FN4O2S/c16-14-9-5-4-6-12(14)10-23(21,22)19-15-17-11-20(18-15)13-7-2-1-3-8-13/h1-9,11H,10H2,(H,18,19). The number of sulfonamides is 1. The third-order valence-electron chi connectivity index (χ3n) is 3.06. The maximum Gasteiger partial charge on any atom is 0.256 e. The van der Waals surface area contributed by atoms with Crippen LogP contribution in [0.2, 0.25) is 0 Å². The minimum atomic E-state index is -3.81. The van der Waals surface area contributed by atoms with Gasteiger partial charge in [-0.05, 0) is 18.2 Å². The molecule has 2 aromatic carbocycles. The third-order valence-corrected chi connectivity index (χ3v) is 4.25. The van der Waals surface area contributed by atoms with Gasteiger partial charge in [-0.1, -0.05) is 36.4 Å². The Kier molecular flexibility index (Phi) is 4.07. The lowest BCUT2D eigenvalue weighted by Crippen LogP contribution is -2.17. The van der Waals surface area contributed by atoms with Gasteiger partial charge in [0.25, 0.3) is 5.95 Å². The number of halogens is 1. The first kappa shape index (κ1) is 15.2. The van der Waals surface area contributed by atoms with Crippen molar-refractivity contribution in [2.45, 2.75) is 5.75 Å². The van der Waals surface area contributed by atoms with E-state index < -0.39 is 21.6 Å². The molecule has 0 unspecified atom stereocenters. The fourth-order valence-corrected chi connectivity index (χ4v) is 3.10. The molecule has 0 saturated carbocycles. The van der Waals surface area contributed by atoms with Gasteiger partial charge in [-0.3, -0.25) is 0 Å². The highest BCUT2D eigenvalue weighted by molar-refractivity contribution is 7.91.